The summed E-state index contributed by atoms with van der Waals surface area (Å²) in [4.78, 5) is 29.6. The van der Waals surface area contributed by atoms with Crippen LogP contribution in [-0.2, 0) is 32.6 Å². The number of nitrogens with one attached hydrogen (secondary N) is 1. The van der Waals surface area contributed by atoms with Crippen molar-refractivity contribution in [3.8, 4) is 0 Å². The van der Waals surface area contributed by atoms with Crippen molar-refractivity contribution in [3.05, 3.63) is 132 Å². The Morgan fingerprint density at radius 3 is 1.83 bits per heavy atom. The van der Waals surface area contributed by atoms with E-state index in [2.05, 4.69) is 5.32 Å². The predicted molar refractivity (Wildman–Crippen MR) is 166 cm³/mol. The van der Waals surface area contributed by atoms with E-state index in [9.17, 15) is 18.0 Å². The van der Waals surface area contributed by atoms with Gasteiger partial charge in [-0.05, 0) is 41.8 Å². The van der Waals surface area contributed by atoms with Crippen LogP contribution in [0.15, 0.2) is 126 Å². The van der Waals surface area contributed by atoms with Crippen LogP contribution >= 0.6 is 0 Å². The summed E-state index contributed by atoms with van der Waals surface area (Å²) in [6.45, 7) is 2.21. The van der Waals surface area contributed by atoms with Gasteiger partial charge in [0.25, 0.3) is 10.0 Å². The van der Waals surface area contributed by atoms with Gasteiger partial charge in [0.2, 0.25) is 11.8 Å². The molecule has 8 heteroatoms. The molecule has 0 spiro atoms. The second-order valence-electron chi connectivity index (χ2n) is 10.0. The average Bonchev–Trinajstić information content (AvgIpc) is 3.03. The molecule has 0 saturated carbocycles. The zero-order valence-electron chi connectivity index (χ0n) is 23.8. The maximum atomic E-state index is 14.3. The van der Waals surface area contributed by atoms with Crippen LogP contribution < -0.4 is 9.62 Å². The van der Waals surface area contributed by atoms with Gasteiger partial charge in [0.05, 0.1) is 10.6 Å². The van der Waals surface area contributed by atoms with Gasteiger partial charge < -0.3 is 10.2 Å². The maximum Gasteiger partial charge on any atom is 0.264 e. The van der Waals surface area contributed by atoms with Crippen molar-refractivity contribution < 1.29 is 18.0 Å². The summed E-state index contributed by atoms with van der Waals surface area (Å²) in [5.41, 5.74) is 2.10. The van der Waals surface area contributed by atoms with Crippen molar-refractivity contribution in [3.63, 3.8) is 0 Å². The van der Waals surface area contributed by atoms with Gasteiger partial charge in [-0.1, -0.05) is 110 Å². The van der Waals surface area contributed by atoms with Gasteiger partial charge in [0.15, 0.2) is 0 Å². The minimum atomic E-state index is -4.09. The van der Waals surface area contributed by atoms with Crippen molar-refractivity contribution >= 4 is 27.5 Å². The molecule has 0 heterocycles. The van der Waals surface area contributed by atoms with E-state index in [1.807, 2.05) is 67.6 Å². The summed E-state index contributed by atoms with van der Waals surface area (Å²) in [5.74, 6) is -0.748. The SMILES string of the molecule is CCCCNC(=O)C(Cc1ccccc1)N(Cc1ccccc1)C(=O)CN(c1ccccc1)S(=O)(=O)c1ccccc1. The van der Waals surface area contributed by atoms with E-state index in [1.165, 1.54) is 17.0 Å². The summed E-state index contributed by atoms with van der Waals surface area (Å²) in [6, 6.07) is 34.7. The van der Waals surface area contributed by atoms with Gasteiger partial charge >= 0.3 is 0 Å². The molecule has 7 nitrogen and oxygen atoms in total. The highest BCUT2D eigenvalue weighted by Gasteiger charge is 2.34. The van der Waals surface area contributed by atoms with Crippen molar-refractivity contribution in [2.45, 2.75) is 43.7 Å². The first-order valence-corrected chi connectivity index (χ1v) is 15.6. The maximum absolute atomic E-state index is 14.3. The minimum Gasteiger partial charge on any atom is -0.354 e. The molecule has 0 aliphatic carbocycles. The molecule has 4 aromatic carbocycles. The predicted octanol–water partition coefficient (Wildman–Crippen LogP) is 5.44. The van der Waals surface area contributed by atoms with E-state index in [0.717, 1.165) is 28.3 Å². The Morgan fingerprint density at radius 2 is 1.26 bits per heavy atom. The third-order valence-corrected chi connectivity index (χ3v) is 8.74. The van der Waals surface area contributed by atoms with E-state index in [-0.39, 0.29) is 23.8 Å². The Kier molecular flexibility index (Phi) is 10.9. The molecule has 0 aromatic heterocycles. The minimum absolute atomic E-state index is 0.0782. The van der Waals surface area contributed by atoms with Gasteiger partial charge in [-0.15, -0.1) is 0 Å². The first-order chi connectivity index (χ1) is 20.4. The average molecular weight is 584 g/mol. The summed E-state index contributed by atoms with van der Waals surface area (Å²) < 4.78 is 28.9. The number of amides is 2. The summed E-state index contributed by atoms with van der Waals surface area (Å²) >= 11 is 0. The molecular weight excluding hydrogens is 546 g/mol. The number of unbranched alkanes of at least 4 members (excludes halogenated alkanes) is 1. The number of benzene rings is 4. The molecule has 0 bridgehead atoms. The second kappa shape index (κ2) is 15.0. The van der Waals surface area contributed by atoms with Crippen LogP contribution in [0.4, 0.5) is 5.69 Å². The number of para-hydroxylation sites is 1. The molecule has 1 atom stereocenters. The molecule has 218 valence electrons. The lowest BCUT2D eigenvalue weighted by Gasteiger charge is -2.34. The van der Waals surface area contributed by atoms with Crippen molar-refractivity contribution in [1.29, 1.82) is 0 Å². The molecule has 1 N–H and O–H groups in total. The molecule has 0 saturated heterocycles. The van der Waals surface area contributed by atoms with E-state index >= 15 is 0 Å². The van der Waals surface area contributed by atoms with Crippen molar-refractivity contribution in [2.75, 3.05) is 17.4 Å². The highest BCUT2D eigenvalue weighted by atomic mass is 32.2. The number of rotatable bonds is 14. The van der Waals surface area contributed by atoms with Crippen LogP contribution in [0.1, 0.15) is 30.9 Å². The smallest absolute Gasteiger partial charge is 0.264 e. The van der Waals surface area contributed by atoms with E-state index in [1.54, 1.807) is 48.5 Å². The fourth-order valence-electron chi connectivity index (χ4n) is 4.68. The fraction of sp³-hybridized carbons (Fsp3) is 0.235. The topological polar surface area (TPSA) is 86.8 Å². The second-order valence-corrected chi connectivity index (χ2v) is 11.9. The molecule has 1 unspecified atom stereocenters. The molecule has 0 aliphatic rings. The highest BCUT2D eigenvalue weighted by Crippen LogP contribution is 2.24. The summed E-state index contributed by atoms with van der Waals surface area (Å²) in [5, 5.41) is 3.00. The monoisotopic (exact) mass is 583 g/mol. The number of hydrogen-bond donors (Lipinski definition) is 1. The Morgan fingerprint density at radius 1 is 0.738 bits per heavy atom. The van der Waals surface area contributed by atoms with Crippen molar-refractivity contribution in [1.82, 2.24) is 10.2 Å². The van der Waals surface area contributed by atoms with Crippen LogP contribution in [0.5, 0.6) is 0 Å². The van der Waals surface area contributed by atoms with Gasteiger partial charge in [-0.25, -0.2) is 8.42 Å². The van der Waals surface area contributed by atoms with Crippen molar-refractivity contribution in [2.24, 2.45) is 0 Å². The number of carbonyl (C=O) groups excluding carboxylic acids is 2. The zero-order valence-corrected chi connectivity index (χ0v) is 24.6. The quantitative estimate of drug-likeness (QED) is 0.200. The van der Waals surface area contributed by atoms with Gasteiger partial charge in [0, 0.05) is 19.5 Å². The van der Waals surface area contributed by atoms with Gasteiger partial charge in [-0.2, -0.15) is 0 Å². The highest BCUT2D eigenvalue weighted by molar-refractivity contribution is 7.92. The summed E-state index contributed by atoms with van der Waals surface area (Å²) in [7, 11) is -4.09. The molecule has 42 heavy (non-hydrogen) atoms. The molecule has 0 aliphatic heterocycles. The molecule has 0 fully saturated rings. The van der Waals surface area contributed by atoms with Crippen LogP contribution in [0.25, 0.3) is 0 Å². The Balaban J connectivity index is 1.75. The van der Waals surface area contributed by atoms with Crippen LogP contribution in [-0.4, -0.2) is 44.3 Å². The molecule has 2 amide bonds. The third-order valence-electron chi connectivity index (χ3n) is 6.95. The number of hydrogen-bond acceptors (Lipinski definition) is 4. The van der Waals surface area contributed by atoms with Crippen LogP contribution in [0.2, 0.25) is 0 Å². The normalized spacial score (nSPS) is 11.8. The van der Waals surface area contributed by atoms with E-state index < -0.39 is 28.5 Å². The molecular formula is C34H37N3O4S. The van der Waals surface area contributed by atoms with Crippen LogP contribution in [0.3, 0.4) is 0 Å². The first-order valence-electron chi connectivity index (χ1n) is 14.2. The Labute approximate surface area is 248 Å². The van der Waals surface area contributed by atoms with Gasteiger partial charge in [-0.3, -0.25) is 13.9 Å². The molecule has 4 rings (SSSR count). The van der Waals surface area contributed by atoms with Gasteiger partial charge in [0.1, 0.15) is 12.6 Å². The lowest BCUT2D eigenvalue weighted by molar-refractivity contribution is -0.140. The largest absolute Gasteiger partial charge is 0.354 e. The first kappa shape index (κ1) is 30.5. The third kappa shape index (κ3) is 8.07. The lowest BCUT2D eigenvalue weighted by Crippen LogP contribution is -2.53. The lowest BCUT2D eigenvalue weighted by atomic mass is 10.0. The summed E-state index contributed by atoms with van der Waals surface area (Å²) in [6.07, 6.45) is 2.02. The zero-order chi connectivity index (χ0) is 29.8. The number of nitrogens with zero attached hydrogens (tertiary/aromatic N) is 2. The number of anilines is 1. The Bertz CT molecular complexity index is 1520. The van der Waals surface area contributed by atoms with E-state index in [4.69, 9.17) is 0 Å². The molecule has 4 aromatic rings. The van der Waals surface area contributed by atoms with E-state index in [0.29, 0.717) is 12.2 Å². The van der Waals surface area contributed by atoms with Crippen LogP contribution in [0, 0.1) is 0 Å². The fourth-order valence-corrected chi connectivity index (χ4v) is 6.12. The molecule has 0 radical (unpaired) electrons. The standard InChI is InChI=1S/C34H37N3O4S/c1-2-3-24-35-34(39)32(25-28-16-8-4-9-17-28)36(26-29-18-10-5-11-19-29)33(38)27-37(30-20-12-6-13-21-30)42(40,41)31-22-14-7-15-23-31/h4-23,32H,2-3,24-27H2,1H3,(H,35,39). The number of carbonyl (C=O) groups is 2. The number of sulfonamides is 1. The Hall–Kier alpha value is -4.43.